The first kappa shape index (κ1) is 58.9. The molecule has 0 saturated carbocycles. The summed E-state index contributed by atoms with van der Waals surface area (Å²) in [6.45, 7) is 21.8. The maximum absolute atomic E-state index is 5.58. The van der Waals surface area contributed by atoms with Crippen LogP contribution in [0.1, 0.15) is 19.4 Å². The molecule has 19 heteroatoms. The Bertz CT molecular complexity index is 957. The first-order valence-corrected chi connectivity index (χ1v) is 23.5. The molecule has 0 amide bonds. The highest BCUT2D eigenvalue weighted by molar-refractivity contribution is 7.47. The molecule has 0 N–H and O–H groups in total. The summed E-state index contributed by atoms with van der Waals surface area (Å²) in [6.07, 6.45) is 0.769. The third kappa shape index (κ3) is 46.9. The van der Waals surface area contributed by atoms with Gasteiger partial charge in [0.05, 0.1) is 225 Å². The SMILES string of the molecule is CCOP(CCOCCOCCOCCOCCOCCOCCOCCOCCOCCOCCOCCOCCOCCOCCOCCOCc1ccccc1)OCC. The van der Waals surface area contributed by atoms with Crippen LogP contribution in [-0.4, -0.2) is 224 Å². The lowest BCUT2D eigenvalue weighted by Crippen LogP contribution is -2.16. The summed E-state index contributed by atoms with van der Waals surface area (Å²) in [6, 6.07) is 10.1. The van der Waals surface area contributed by atoms with Crippen LogP contribution in [-0.2, 0) is 91.4 Å². The molecule has 0 atom stereocenters. The molecule has 0 aromatic heterocycles. The number of ether oxygens (including phenoxy) is 16. The lowest BCUT2D eigenvalue weighted by molar-refractivity contribution is -0.0304. The van der Waals surface area contributed by atoms with Crippen LogP contribution in [0, 0.1) is 0 Å². The number of hydrogen-bond donors (Lipinski definition) is 0. The summed E-state index contributed by atoms with van der Waals surface area (Å²) in [5.41, 5.74) is 1.16. The summed E-state index contributed by atoms with van der Waals surface area (Å²) in [5.74, 6) is 0. The van der Waals surface area contributed by atoms with Gasteiger partial charge in [0.25, 0.3) is 0 Å². The van der Waals surface area contributed by atoms with E-state index in [1.807, 2.05) is 44.2 Å². The highest BCUT2D eigenvalue weighted by Gasteiger charge is 2.08. The van der Waals surface area contributed by atoms with Crippen molar-refractivity contribution in [3.8, 4) is 0 Å². The van der Waals surface area contributed by atoms with Crippen molar-refractivity contribution < 1.29 is 84.8 Å². The second-order valence-electron chi connectivity index (χ2n) is 12.6. The van der Waals surface area contributed by atoms with E-state index < -0.39 is 8.38 Å². The fourth-order valence-corrected chi connectivity index (χ4v) is 5.84. The first-order valence-electron chi connectivity index (χ1n) is 22.2. The second kappa shape index (κ2) is 52.6. The van der Waals surface area contributed by atoms with Gasteiger partial charge in [-0.3, -0.25) is 0 Å². The molecule has 0 fully saturated rings. The minimum Gasteiger partial charge on any atom is -0.379 e. The van der Waals surface area contributed by atoms with Gasteiger partial charge < -0.3 is 84.8 Å². The Morgan fingerprint density at radius 1 is 0.274 bits per heavy atom. The van der Waals surface area contributed by atoms with Crippen molar-refractivity contribution in [1.82, 2.24) is 0 Å². The molecule has 0 spiro atoms. The Hall–Kier alpha value is -1.07. The Morgan fingerprint density at radius 3 is 0.710 bits per heavy atom. The summed E-state index contributed by atoms with van der Waals surface area (Å²) in [4.78, 5) is 0. The van der Waals surface area contributed by atoms with E-state index in [4.69, 9.17) is 84.8 Å². The number of hydrogen-bond acceptors (Lipinski definition) is 18. The molecule has 0 aliphatic heterocycles. The van der Waals surface area contributed by atoms with Gasteiger partial charge >= 0.3 is 0 Å². The molecular weight excluding hydrogens is 835 g/mol. The molecule has 0 aliphatic rings. The predicted molar refractivity (Wildman–Crippen MR) is 233 cm³/mol. The van der Waals surface area contributed by atoms with Gasteiger partial charge in [0.2, 0.25) is 0 Å². The van der Waals surface area contributed by atoms with E-state index in [2.05, 4.69) is 0 Å². The third-order valence-electron chi connectivity index (χ3n) is 7.66. The highest BCUT2D eigenvalue weighted by atomic mass is 31.2. The lowest BCUT2D eigenvalue weighted by atomic mass is 10.2. The van der Waals surface area contributed by atoms with E-state index in [1.165, 1.54) is 0 Å². The summed E-state index contributed by atoms with van der Waals surface area (Å²) in [5, 5.41) is 0. The maximum atomic E-state index is 5.58. The van der Waals surface area contributed by atoms with Crippen LogP contribution < -0.4 is 0 Å². The number of benzene rings is 1. The summed E-state index contributed by atoms with van der Waals surface area (Å²) < 4.78 is 99.3. The molecule has 62 heavy (non-hydrogen) atoms. The normalized spacial score (nSPS) is 11.7. The molecule has 1 aromatic rings. The zero-order chi connectivity index (χ0) is 44.2. The van der Waals surface area contributed by atoms with Crippen molar-refractivity contribution in [2.75, 3.05) is 224 Å². The van der Waals surface area contributed by atoms with Crippen molar-refractivity contribution in [2.24, 2.45) is 0 Å². The molecule has 0 bridgehead atoms. The van der Waals surface area contributed by atoms with Crippen molar-refractivity contribution in [3.05, 3.63) is 35.9 Å². The van der Waals surface area contributed by atoms with Crippen LogP contribution in [0.3, 0.4) is 0 Å². The monoisotopic (exact) mass is 917 g/mol. The van der Waals surface area contributed by atoms with Crippen molar-refractivity contribution in [3.63, 3.8) is 0 Å². The van der Waals surface area contributed by atoms with E-state index in [0.29, 0.717) is 225 Å². The van der Waals surface area contributed by atoms with Crippen LogP contribution in [0.4, 0.5) is 0 Å². The molecule has 0 unspecified atom stereocenters. The Balaban J connectivity index is 1.61. The van der Waals surface area contributed by atoms with Crippen molar-refractivity contribution in [1.29, 1.82) is 0 Å². The van der Waals surface area contributed by atoms with Gasteiger partial charge in [-0.2, -0.15) is 0 Å². The minimum absolute atomic E-state index is 0.497. The van der Waals surface area contributed by atoms with Gasteiger partial charge in [-0.25, -0.2) is 0 Å². The standard InChI is InChI=1S/C43H81O18P/c1-3-60-62(61-4-2)41-40-58-37-36-56-33-32-54-29-28-52-25-24-50-21-20-48-17-16-46-13-12-44-10-11-45-14-15-47-18-19-49-22-23-51-26-27-53-30-31-55-34-35-57-38-39-59-42-43-8-6-5-7-9-43/h5-9H,3-4,10-42H2,1-2H3. The van der Waals surface area contributed by atoms with Gasteiger partial charge in [-0.15, -0.1) is 0 Å². The maximum Gasteiger partial charge on any atom is 0.172 e. The lowest BCUT2D eigenvalue weighted by Gasteiger charge is -2.15. The second-order valence-corrected chi connectivity index (χ2v) is 14.2. The molecule has 366 valence electrons. The fraction of sp³-hybridized carbons (Fsp3) is 0.860. The molecule has 0 aliphatic carbocycles. The van der Waals surface area contributed by atoms with Crippen molar-refractivity contribution >= 4 is 8.38 Å². The van der Waals surface area contributed by atoms with E-state index >= 15 is 0 Å². The molecule has 1 rings (SSSR count). The van der Waals surface area contributed by atoms with Crippen LogP contribution in [0.2, 0.25) is 0 Å². The largest absolute Gasteiger partial charge is 0.379 e. The first-order chi connectivity index (χ1) is 30.9. The third-order valence-corrected chi connectivity index (χ3v) is 9.30. The summed E-state index contributed by atoms with van der Waals surface area (Å²) in [7, 11) is -0.848. The minimum atomic E-state index is -0.848. The quantitative estimate of drug-likeness (QED) is 0.0683. The van der Waals surface area contributed by atoms with Gasteiger partial charge in [0.15, 0.2) is 8.38 Å². The summed E-state index contributed by atoms with van der Waals surface area (Å²) >= 11 is 0. The van der Waals surface area contributed by atoms with Gasteiger partial charge in [0.1, 0.15) is 0 Å². The number of rotatable bonds is 54. The van der Waals surface area contributed by atoms with Gasteiger partial charge in [-0.05, 0) is 19.4 Å². The average molecular weight is 917 g/mol. The fourth-order valence-electron chi connectivity index (χ4n) is 4.66. The Kier molecular flexibility index (Phi) is 50.0. The Morgan fingerprint density at radius 2 is 0.484 bits per heavy atom. The van der Waals surface area contributed by atoms with E-state index in [1.54, 1.807) is 0 Å². The van der Waals surface area contributed by atoms with Crippen molar-refractivity contribution in [2.45, 2.75) is 20.5 Å². The molecule has 0 saturated heterocycles. The van der Waals surface area contributed by atoms with E-state index in [0.717, 1.165) is 11.7 Å². The van der Waals surface area contributed by atoms with E-state index in [9.17, 15) is 0 Å². The molecule has 1 aromatic carbocycles. The highest BCUT2D eigenvalue weighted by Crippen LogP contribution is 2.37. The zero-order valence-electron chi connectivity index (χ0n) is 37.9. The van der Waals surface area contributed by atoms with Crippen LogP contribution in [0.5, 0.6) is 0 Å². The van der Waals surface area contributed by atoms with Crippen LogP contribution >= 0.6 is 8.38 Å². The van der Waals surface area contributed by atoms with Crippen LogP contribution in [0.15, 0.2) is 30.3 Å². The van der Waals surface area contributed by atoms with Gasteiger partial charge in [0, 0.05) is 6.16 Å². The average Bonchev–Trinajstić information content (AvgIpc) is 3.29. The molecule has 0 heterocycles. The zero-order valence-corrected chi connectivity index (χ0v) is 38.8. The van der Waals surface area contributed by atoms with Gasteiger partial charge in [-0.1, -0.05) is 30.3 Å². The molecule has 0 radical (unpaired) electrons. The predicted octanol–water partition coefficient (Wildman–Crippen LogP) is 3.84. The van der Waals surface area contributed by atoms with E-state index in [-0.39, 0.29) is 0 Å². The van der Waals surface area contributed by atoms with Crippen LogP contribution in [0.25, 0.3) is 0 Å². The Labute approximate surface area is 373 Å². The molecular formula is C43H81O18P. The topological polar surface area (TPSA) is 166 Å². The molecule has 18 nitrogen and oxygen atoms in total. The smallest absolute Gasteiger partial charge is 0.172 e.